The summed E-state index contributed by atoms with van der Waals surface area (Å²) in [7, 11) is 0. The number of piperazine rings is 1. The van der Waals surface area contributed by atoms with Crippen molar-refractivity contribution in [2.45, 2.75) is 6.18 Å². The van der Waals surface area contributed by atoms with Crippen LogP contribution < -0.4 is 10.2 Å². The molecule has 26 heavy (non-hydrogen) atoms. The number of hydrogen-bond acceptors (Lipinski definition) is 4. The van der Waals surface area contributed by atoms with Crippen LogP contribution in [0.1, 0.15) is 0 Å². The third-order valence-corrected chi connectivity index (χ3v) is 4.01. The van der Waals surface area contributed by atoms with Crippen molar-refractivity contribution in [3.63, 3.8) is 0 Å². The lowest BCUT2D eigenvalue weighted by Gasteiger charge is -2.36. The van der Waals surface area contributed by atoms with Gasteiger partial charge in [-0.3, -0.25) is 9.59 Å². The summed E-state index contributed by atoms with van der Waals surface area (Å²) in [6.07, 6.45) is -4.49. The maximum absolute atomic E-state index is 12.1. The Labute approximate surface area is 153 Å². The second kappa shape index (κ2) is 9.09. The summed E-state index contributed by atoms with van der Waals surface area (Å²) in [5, 5.41) is 2.91. The zero-order valence-corrected chi connectivity index (χ0v) is 14.6. The maximum atomic E-state index is 12.1. The van der Waals surface area contributed by atoms with Gasteiger partial charge in [-0.05, 0) is 24.3 Å². The van der Waals surface area contributed by atoms with Crippen LogP contribution in [0.4, 0.5) is 18.9 Å². The molecule has 6 nitrogen and oxygen atoms in total. The van der Waals surface area contributed by atoms with E-state index in [1.165, 1.54) is 0 Å². The van der Waals surface area contributed by atoms with Gasteiger partial charge in [0, 0.05) is 36.9 Å². The summed E-state index contributed by atoms with van der Waals surface area (Å²) >= 11 is 5.86. The van der Waals surface area contributed by atoms with Crippen LogP contribution in [0, 0.1) is 0 Å². The first-order valence-corrected chi connectivity index (χ1v) is 8.32. The predicted octanol–water partition coefficient (Wildman–Crippen LogP) is 1.68. The SMILES string of the molecule is O=C(COCC(F)(F)F)NCC(=O)N1CCN(c2ccc(Cl)cc2)CC1. The third kappa shape index (κ3) is 6.72. The van der Waals surface area contributed by atoms with Crippen LogP contribution in [0.25, 0.3) is 0 Å². The number of carbonyl (C=O) groups excluding carboxylic acids is 2. The first-order chi connectivity index (χ1) is 12.2. The Hall–Kier alpha value is -2.00. The van der Waals surface area contributed by atoms with E-state index in [0.717, 1.165) is 5.69 Å². The molecule has 0 radical (unpaired) electrons. The van der Waals surface area contributed by atoms with Gasteiger partial charge in [-0.2, -0.15) is 13.2 Å². The van der Waals surface area contributed by atoms with Gasteiger partial charge in [0.25, 0.3) is 0 Å². The number of ether oxygens (including phenoxy) is 1. The number of nitrogens with zero attached hydrogens (tertiary/aromatic N) is 2. The molecule has 1 fully saturated rings. The van der Waals surface area contributed by atoms with Crippen molar-refractivity contribution in [2.24, 2.45) is 0 Å². The number of benzene rings is 1. The fourth-order valence-corrected chi connectivity index (χ4v) is 2.59. The molecule has 1 aromatic rings. The summed E-state index contributed by atoms with van der Waals surface area (Å²) < 4.78 is 40.0. The molecule has 1 aliphatic rings. The normalized spacial score (nSPS) is 15.1. The Morgan fingerprint density at radius 2 is 1.73 bits per heavy atom. The van der Waals surface area contributed by atoms with E-state index in [0.29, 0.717) is 31.2 Å². The van der Waals surface area contributed by atoms with E-state index in [4.69, 9.17) is 11.6 Å². The third-order valence-electron chi connectivity index (χ3n) is 3.76. The fourth-order valence-electron chi connectivity index (χ4n) is 2.46. The molecule has 0 saturated carbocycles. The lowest BCUT2D eigenvalue weighted by atomic mass is 10.2. The van der Waals surface area contributed by atoms with Crippen LogP contribution >= 0.6 is 11.6 Å². The molecule has 1 saturated heterocycles. The number of nitrogens with one attached hydrogen (secondary N) is 1. The van der Waals surface area contributed by atoms with Crippen molar-refractivity contribution in [1.29, 1.82) is 0 Å². The number of anilines is 1. The molecule has 144 valence electrons. The van der Waals surface area contributed by atoms with Gasteiger partial charge >= 0.3 is 6.18 Å². The molecule has 1 N–H and O–H groups in total. The zero-order valence-electron chi connectivity index (χ0n) is 13.9. The molecule has 1 aromatic carbocycles. The number of halogens is 4. The first-order valence-electron chi connectivity index (χ1n) is 7.94. The zero-order chi connectivity index (χ0) is 19.2. The van der Waals surface area contributed by atoms with Crippen LogP contribution in [-0.4, -0.2) is 68.8 Å². The maximum Gasteiger partial charge on any atom is 0.411 e. The summed E-state index contributed by atoms with van der Waals surface area (Å²) in [6.45, 7) is -0.261. The highest BCUT2D eigenvalue weighted by Crippen LogP contribution is 2.19. The minimum absolute atomic E-state index is 0.269. The lowest BCUT2D eigenvalue weighted by Crippen LogP contribution is -2.51. The van der Waals surface area contributed by atoms with Gasteiger partial charge in [0.2, 0.25) is 11.8 Å². The summed E-state index contributed by atoms with van der Waals surface area (Å²) in [6, 6.07) is 7.40. The average Bonchev–Trinajstić information content (AvgIpc) is 2.59. The largest absolute Gasteiger partial charge is 0.411 e. The van der Waals surface area contributed by atoms with Gasteiger partial charge in [-0.25, -0.2) is 0 Å². The monoisotopic (exact) mass is 393 g/mol. The van der Waals surface area contributed by atoms with Gasteiger partial charge in [-0.15, -0.1) is 0 Å². The van der Waals surface area contributed by atoms with Crippen molar-refractivity contribution in [2.75, 3.05) is 50.8 Å². The molecule has 0 atom stereocenters. The second-order valence-corrected chi connectivity index (χ2v) is 6.17. The van der Waals surface area contributed by atoms with Gasteiger partial charge in [0.05, 0.1) is 6.54 Å². The standard InChI is InChI=1S/C16H19ClF3N3O3/c17-12-1-3-13(4-2-12)22-5-7-23(8-6-22)15(25)9-21-14(24)10-26-11-16(18,19)20/h1-4H,5-11H2,(H,21,24). The Kier molecular flexibility index (Phi) is 7.10. The summed E-state index contributed by atoms with van der Waals surface area (Å²) in [5.74, 6) is -1.05. The van der Waals surface area contributed by atoms with Crippen LogP contribution in [0.2, 0.25) is 5.02 Å². The smallest absolute Gasteiger partial charge is 0.368 e. The number of alkyl halides is 3. The Morgan fingerprint density at radius 1 is 1.12 bits per heavy atom. The van der Waals surface area contributed by atoms with Gasteiger partial charge in [0.15, 0.2) is 0 Å². The highest BCUT2D eigenvalue weighted by Gasteiger charge is 2.28. The Balaban J connectivity index is 1.68. The lowest BCUT2D eigenvalue weighted by molar-refractivity contribution is -0.175. The summed E-state index contributed by atoms with van der Waals surface area (Å²) in [5.41, 5.74) is 1.01. The summed E-state index contributed by atoms with van der Waals surface area (Å²) in [4.78, 5) is 27.2. The fraction of sp³-hybridized carbons (Fsp3) is 0.500. The minimum Gasteiger partial charge on any atom is -0.368 e. The molecule has 2 amide bonds. The number of carbonyl (C=O) groups is 2. The molecule has 1 heterocycles. The van der Waals surface area contributed by atoms with Gasteiger partial charge in [-0.1, -0.05) is 11.6 Å². The van der Waals surface area contributed by atoms with E-state index in [1.807, 2.05) is 12.1 Å². The van der Waals surface area contributed by atoms with Gasteiger partial charge in [0.1, 0.15) is 13.2 Å². The van der Waals surface area contributed by atoms with Crippen molar-refractivity contribution in [3.8, 4) is 0 Å². The van der Waals surface area contributed by atoms with E-state index in [1.54, 1.807) is 17.0 Å². The van der Waals surface area contributed by atoms with E-state index in [9.17, 15) is 22.8 Å². The molecule has 10 heteroatoms. The van der Waals surface area contributed by atoms with Crippen LogP contribution in [0.5, 0.6) is 0 Å². The molecule has 0 spiro atoms. The van der Waals surface area contributed by atoms with E-state index in [2.05, 4.69) is 15.0 Å². The predicted molar refractivity (Wildman–Crippen MR) is 90.1 cm³/mol. The van der Waals surface area contributed by atoms with Gasteiger partial charge < -0.3 is 19.9 Å². The highest BCUT2D eigenvalue weighted by molar-refractivity contribution is 6.30. The van der Waals surface area contributed by atoms with Crippen LogP contribution in [-0.2, 0) is 14.3 Å². The van der Waals surface area contributed by atoms with Crippen LogP contribution in [0.15, 0.2) is 24.3 Å². The molecule has 0 bridgehead atoms. The van der Waals surface area contributed by atoms with Crippen molar-refractivity contribution >= 4 is 29.1 Å². The molecular formula is C16H19ClF3N3O3. The van der Waals surface area contributed by atoms with E-state index in [-0.39, 0.29) is 12.5 Å². The molecule has 1 aliphatic heterocycles. The van der Waals surface area contributed by atoms with E-state index < -0.39 is 25.3 Å². The molecule has 0 unspecified atom stereocenters. The minimum atomic E-state index is -4.49. The van der Waals surface area contributed by atoms with Crippen molar-refractivity contribution in [1.82, 2.24) is 10.2 Å². The average molecular weight is 394 g/mol. The first kappa shape index (κ1) is 20.3. The number of hydrogen-bond donors (Lipinski definition) is 1. The van der Waals surface area contributed by atoms with E-state index >= 15 is 0 Å². The molecule has 0 aromatic heterocycles. The highest BCUT2D eigenvalue weighted by atomic mass is 35.5. The number of amides is 2. The number of rotatable bonds is 6. The Morgan fingerprint density at radius 3 is 2.31 bits per heavy atom. The topological polar surface area (TPSA) is 61.9 Å². The quantitative estimate of drug-likeness (QED) is 0.799. The molecule has 0 aliphatic carbocycles. The van der Waals surface area contributed by atoms with Crippen molar-refractivity contribution < 1.29 is 27.5 Å². The molecular weight excluding hydrogens is 375 g/mol. The van der Waals surface area contributed by atoms with Crippen LogP contribution in [0.3, 0.4) is 0 Å². The second-order valence-electron chi connectivity index (χ2n) is 5.73. The molecule has 2 rings (SSSR count). The Bertz CT molecular complexity index is 617. The van der Waals surface area contributed by atoms with Crippen molar-refractivity contribution in [3.05, 3.63) is 29.3 Å².